The van der Waals surface area contributed by atoms with Gasteiger partial charge in [-0.05, 0) is 55.7 Å². The molecule has 0 saturated heterocycles. The van der Waals surface area contributed by atoms with Crippen molar-refractivity contribution in [2.45, 2.75) is 31.4 Å². The van der Waals surface area contributed by atoms with Crippen LogP contribution in [0, 0.1) is 31.3 Å². The van der Waals surface area contributed by atoms with Gasteiger partial charge in [0, 0.05) is 24.6 Å². The third-order valence-electron chi connectivity index (χ3n) is 5.55. The average molecular weight is 462 g/mol. The molecule has 0 bridgehead atoms. The lowest BCUT2D eigenvalue weighted by Gasteiger charge is -2.18. The van der Waals surface area contributed by atoms with Gasteiger partial charge in [-0.3, -0.25) is 9.36 Å². The van der Waals surface area contributed by atoms with E-state index in [0.29, 0.717) is 23.2 Å². The van der Waals surface area contributed by atoms with E-state index in [2.05, 4.69) is 10.0 Å². The van der Waals surface area contributed by atoms with E-state index in [1.807, 2.05) is 0 Å². The summed E-state index contributed by atoms with van der Waals surface area (Å²) in [5.41, 5.74) is 1.73. The molecule has 1 aromatic heterocycles. The van der Waals surface area contributed by atoms with E-state index in [1.165, 1.54) is 29.8 Å². The molecule has 0 radical (unpaired) electrons. The van der Waals surface area contributed by atoms with Gasteiger partial charge in [-0.1, -0.05) is 12.1 Å². The topological polar surface area (TPSA) is 63.1 Å². The summed E-state index contributed by atoms with van der Waals surface area (Å²) in [6, 6.07) is 9.57. The molecule has 3 atom stereocenters. The lowest BCUT2D eigenvalue weighted by Crippen LogP contribution is -2.24. The molecule has 2 N–H and O–H groups in total. The number of aromatic nitrogens is 1. The van der Waals surface area contributed by atoms with Crippen LogP contribution in [0.1, 0.15) is 29.0 Å². The van der Waals surface area contributed by atoms with Crippen LogP contribution in [0.15, 0.2) is 47.3 Å². The number of nitrogens with zero attached hydrogens (tertiary/aromatic N) is 1. The first kappa shape index (κ1) is 22.1. The van der Waals surface area contributed by atoms with Gasteiger partial charge >= 0.3 is 0 Å². The maximum atomic E-state index is 14.4. The molecule has 1 fully saturated rings. The number of rotatable bonds is 6. The highest BCUT2D eigenvalue weighted by Crippen LogP contribution is 2.46. The fourth-order valence-electron chi connectivity index (χ4n) is 3.69. The molecule has 1 heterocycles. The lowest BCUT2D eigenvalue weighted by molar-refractivity contribution is 0.572. The van der Waals surface area contributed by atoms with E-state index >= 15 is 0 Å². The molecule has 0 spiro atoms. The number of anilines is 3. The normalized spacial score (nSPS) is 18.3. The van der Waals surface area contributed by atoms with Gasteiger partial charge in [0.2, 0.25) is 0 Å². The first-order valence-corrected chi connectivity index (χ1v) is 11.2. The minimum atomic E-state index is -1.62. The standard InChI is InChI=1S/C23H22F3N3O2S/c1-12-4-7-19(18(26)8-12)27-22-20(9-13(2)23(30)29(22)3)28-32(31)21-11-16(21)15-6-5-14(24)10-17(15)25/h4-10,16,21,27-28H,11H2,1-3H3. The highest BCUT2D eigenvalue weighted by molar-refractivity contribution is 7.87. The molecule has 32 heavy (non-hydrogen) atoms. The molecule has 0 amide bonds. The second-order valence-corrected chi connectivity index (χ2v) is 9.41. The number of nitrogens with one attached hydrogen (secondary N) is 2. The first-order chi connectivity index (χ1) is 15.2. The van der Waals surface area contributed by atoms with Crippen LogP contribution in [0.2, 0.25) is 0 Å². The fraction of sp³-hybridized carbons (Fsp3) is 0.261. The summed E-state index contributed by atoms with van der Waals surface area (Å²) in [6.07, 6.45) is 0.474. The molecular weight excluding hydrogens is 439 g/mol. The van der Waals surface area contributed by atoms with E-state index in [1.54, 1.807) is 32.0 Å². The second kappa shape index (κ2) is 8.46. The summed E-state index contributed by atoms with van der Waals surface area (Å²) in [5.74, 6) is -1.86. The van der Waals surface area contributed by atoms with Crippen molar-refractivity contribution in [2.75, 3.05) is 10.0 Å². The third kappa shape index (κ3) is 4.29. The van der Waals surface area contributed by atoms with Crippen LogP contribution in [-0.2, 0) is 18.0 Å². The number of halogens is 3. The molecule has 1 aliphatic rings. The molecule has 0 aliphatic heterocycles. The van der Waals surface area contributed by atoms with E-state index in [0.717, 1.165) is 11.6 Å². The van der Waals surface area contributed by atoms with Gasteiger partial charge in [0.15, 0.2) is 0 Å². The van der Waals surface area contributed by atoms with Gasteiger partial charge in [0.25, 0.3) is 5.56 Å². The number of benzene rings is 2. The summed E-state index contributed by atoms with van der Waals surface area (Å²) in [5, 5.41) is 2.54. The summed E-state index contributed by atoms with van der Waals surface area (Å²) < 4.78 is 58.8. The van der Waals surface area contributed by atoms with Crippen molar-refractivity contribution in [3.05, 3.63) is 87.0 Å². The van der Waals surface area contributed by atoms with Gasteiger partial charge in [-0.25, -0.2) is 17.4 Å². The molecule has 1 saturated carbocycles. The maximum Gasteiger partial charge on any atom is 0.254 e. The second-order valence-electron chi connectivity index (χ2n) is 8.01. The molecule has 3 aromatic rings. The van der Waals surface area contributed by atoms with E-state index in [4.69, 9.17) is 0 Å². The van der Waals surface area contributed by atoms with Crippen LogP contribution in [0.25, 0.3) is 0 Å². The molecule has 3 unspecified atom stereocenters. The van der Waals surface area contributed by atoms with Crippen molar-refractivity contribution in [3.8, 4) is 0 Å². The van der Waals surface area contributed by atoms with Crippen LogP contribution in [0.4, 0.5) is 30.4 Å². The Bertz CT molecular complexity index is 1290. The predicted molar refractivity (Wildman–Crippen MR) is 120 cm³/mol. The Morgan fingerprint density at radius 2 is 1.75 bits per heavy atom. The van der Waals surface area contributed by atoms with Crippen molar-refractivity contribution in [1.82, 2.24) is 4.57 Å². The van der Waals surface area contributed by atoms with Crippen LogP contribution >= 0.6 is 0 Å². The number of hydrogen-bond donors (Lipinski definition) is 2. The number of pyridine rings is 1. The zero-order valence-electron chi connectivity index (χ0n) is 17.7. The summed E-state index contributed by atoms with van der Waals surface area (Å²) in [6.45, 7) is 3.39. The van der Waals surface area contributed by atoms with Gasteiger partial charge in [-0.2, -0.15) is 0 Å². The number of hydrogen-bond acceptors (Lipinski definition) is 3. The molecule has 1 aliphatic carbocycles. The van der Waals surface area contributed by atoms with Crippen molar-refractivity contribution >= 4 is 28.2 Å². The van der Waals surface area contributed by atoms with Crippen LogP contribution in [0.5, 0.6) is 0 Å². The lowest BCUT2D eigenvalue weighted by atomic mass is 10.1. The van der Waals surface area contributed by atoms with Crippen LogP contribution < -0.4 is 15.6 Å². The van der Waals surface area contributed by atoms with Gasteiger partial charge in [0.1, 0.15) is 34.3 Å². The van der Waals surface area contributed by atoms with Crippen molar-refractivity contribution < 1.29 is 17.4 Å². The van der Waals surface area contributed by atoms with Crippen LogP contribution in [0.3, 0.4) is 0 Å². The molecule has 168 valence electrons. The van der Waals surface area contributed by atoms with Crippen molar-refractivity contribution in [2.24, 2.45) is 7.05 Å². The minimum absolute atomic E-state index is 0.168. The fourth-order valence-corrected chi connectivity index (χ4v) is 5.04. The third-order valence-corrected chi connectivity index (χ3v) is 7.04. The van der Waals surface area contributed by atoms with Crippen molar-refractivity contribution in [1.29, 1.82) is 0 Å². The Hall–Kier alpha value is -3.07. The van der Waals surface area contributed by atoms with Gasteiger partial charge in [0.05, 0.1) is 16.6 Å². The highest BCUT2D eigenvalue weighted by Gasteiger charge is 2.45. The largest absolute Gasteiger partial charge is 0.337 e. The van der Waals surface area contributed by atoms with E-state index in [-0.39, 0.29) is 28.2 Å². The Labute approximate surface area is 185 Å². The predicted octanol–water partition coefficient (Wildman–Crippen LogP) is 4.79. The Morgan fingerprint density at radius 1 is 1.00 bits per heavy atom. The monoisotopic (exact) mass is 461 g/mol. The minimum Gasteiger partial charge on any atom is -0.337 e. The van der Waals surface area contributed by atoms with Crippen molar-refractivity contribution in [3.63, 3.8) is 0 Å². The molecule has 4 rings (SSSR count). The molecular formula is C23H22F3N3O2S. The Balaban J connectivity index is 1.61. The maximum absolute atomic E-state index is 14.4. The SMILES string of the molecule is Cc1ccc(Nc2c(NS(=O)C3CC3c3ccc(F)cc3F)cc(C)c(=O)n2C)c(F)c1. The Kier molecular flexibility index (Phi) is 5.85. The molecule has 5 nitrogen and oxygen atoms in total. The summed E-state index contributed by atoms with van der Waals surface area (Å²) in [4.78, 5) is 12.5. The highest BCUT2D eigenvalue weighted by atomic mass is 32.2. The quantitative estimate of drug-likeness (QED) is 0.555. The smallest absolute Gasteiger partial charge is 0.254 e. The Morgan fingerprint density at radius 3 is 2.44 bits per heavy atom. The average Bonchev–Trinajstić information content (AvgIpc) is 3.51. The number of aryl methyl sites for hydroxylation is 2. The van der Waals surface area contributed by atoms with Gasteiger partial charge in [-0.15, -0.1) is 0 Å². The zero-order chi connectivity index (χ0) is 23.2. The van der Waals surface area contributed by atoms with Gasteiger partial charge < -0.3 is 10.0 Å². The first-order valence-electron chi connectivity index (χ1n) is 10.0. The van der Waals surface area contributed by atoms with E-state index in [9.17, 15) is 22.2 Å². The summed E-state index contributed by atoms with van der Waals surface area (Å²) >= 11 is 0. The molecule has 2 aromatic carbocycles. The summed E-state index contributed by atoms with van der Waals surface area (Å²) in [7, 11) is -0.0824. The zero-order valence-corrected chi connectivity index (χ0v) is 18.5. The van der Waals surface area contributed by atoms with Crippen LogP contribution in [-0.4, -0.2) is 14.0 Å². The van der Waals surface area contributed by atoms with E-state index < -0.39 is 28.4 Å². The molecule has 9 heteroatoms.